The average molecular weight is 266 g/mol. The van der Waals surface area contributed by atoms with E-state index in [4.69, 9.17) is 0 Å². The maximum atomic E-state index is 12.7. The van der Waals surface area contributed by atoms with Crippen LogP contribution < -0.4 is 5.32 Å². The van der Waals surface area contributed by atoms with E-state index < -0.39 is 5.54 Å². The van der Waals surface area contributed by atoms with Gasteiger partial charge in [0.05, 0.1) is 6.07 Å². The average Bonchev–Trinajstić information content (AvgIpc) is 2.39. The zero-order valence-corrected chi connectivity index (χ0v) is 11.7. The lowest BCUT2D eigenvalue weighted by Gasteiger charge is -2.22. The van der Waals surface area contributed by atoms with Crippen molar-refractivity contribution in [1.82, 2.24) is 5.32 Å². The first-order valence-corrected chi connectivity index (χ1v) is 7.13. The molecule has 1 atom stereocenters. The smallest absolute Gasteiger partial charge is 0.123 e. The van der Waals surface area contributed by atoms with Gasteiger partial charge in [-0.25, -0.2) is 4.39 Å². The van der Waals surface area contributed by atoms with E-state index in [2.05, 4.69) is 18.3 Å². The third kappa shape index (κ3) is 5.07. The number of hydrogen-bond acceptors (Lipinski definition) is 3. The summed E-state index contributed by atoms with van der Waals surface area (Å²) in [4.78, 5) is 1.03. The SMILES string of the molecule is CCCNC(C)(C#N)CCSc1ccc(F)cc1. The van der Waals surface area contributed by atoms with Gasteiger partial charge < -0.3 is 0 Å². The van der Waals surface area contributed by atoms with Gasteiger partial charge in [0.2, 0.25) is 0 Å². The Morgan fingerprint density at radius 1 is 1.39 bits per heavy atom. The third-order valence-corrected chi connectivity index (χ3v) is 3.71. The predicted molar refractivity (Wildman–Crippen MR) is 74.1 cm³/mol. The van der Waals surface area contributed by atoms with Crippen molar-refractivity contribution in [1.29, 1.82) is 5.26 Å². The van der Waals surface area contributed by atoms with E-state index in [0.717, 1.165) is 30.0 Å². The lowest BCUT2D eigenvalue weighted by Crippen LogP contribution is -2.41. The highest BCUT2D eigenvalue weighted by molar-refractivity contribution is 7.99. The van der Waals surface area contributed by atoms with E-state index in [1.165, 1.54) is 12.1 Å². The van der Waals surface area contributed by atoms with Gasteiger partial charge in [-0.2, -0.15) is 5.26 Å². The molecule has 0 spiro atoms. The largest absolute Gasteiger partial charge is 0.300 e. The second-order valence-corrected chi connectivity index (χ2v) is 5.59. The van der Waals surface area contributed by atoms with E-state index >= 15 is 0 Å². The van der Waals surface area contributed by atoms with Crippen LogP contribution in [0, 0.1) is 17.1 Å². The molecule has 4 heteroatoms. The van der Waals surface area contributed by atoms with Gasteiger partial charge in [-0.3, -0.25) is 5.32 Å². The Hall–Kier alpha value is -1.05. The topological polar surface area (TPSA) is 35.8 Å². The minimum absolute atomic E-state index is 0.217. The fourth-order valence-electron chi connectivity index (χ4n) is 1.49. The number of nitriles is 1. The summed E-state index contributed by atoms with van der Waals surface area (Å²) in [7, 11) is 0. The summed E-state index contributed by atoms with van der Waals surface area (Å²) < 4.78 is 12.7. The molecule has 2 nitrogen and oxygen atoms in total. The van der Waals surface area contributed by atoms with Crippen LogP contribution in [0.15, 0.2) is 29.2 Å². The molecular weight excluding hydrogens is 247 g/mol. The van der Waals surface area contributed by atoms with E-state index in [0.29, 0.717) is 0 Å². The first kappa shape index (κ1) is 15.0. The molecule has 1 unspecified atom stereocenters. The minimum Gasteiger partial charge on any atom is -0.300 e. The maximum absolute atomic E-state index is 12.7. The Bertz CT molecular complexity index is 399. The Labute approximate surface area is 113 Å². The van der Waals surface area contributed by atoms with E-state index in [-0.39, 0.29) is 5.82 Å². The molecule has 0 aliphatic rings. The van der Waals surface area contributed by atoms with Crippen molar-refractivity contribution in [3.63, 3.8) is 0 Å². The van der Waals surface area contributed by atoms with Crippen LogP contribution in [0.5, 0.6) is 0 Å². The summed E-state index contributed by atoms with van der Waals surface area (Å²) in [5.41, 5.74) is -0.469. The van der Waals surface area contributed by atoms with E-state index in [9.17, 15) is 9.65 Å². The minimum atomic E-state index is -0.469. The Morgan fingerprint density at radius 3 is 2.61 bits per heavy atom. The van der Waals surface area contributed by atoms with Crippen LogP contribution in [0.25, 0.3) is 0 Å². The molecule has 0 heterocycles. The molecule has 0 saturated carbocycles. The normalized spacial score (nSPS) is 13.9. The number of nitrogens with zero attached hydrogens (tertiary/aromatic N) is 1. The van der Waals surface area contributed by atoms with Crippen molar-refractivity contribution >= 4 is 11.8 Å². The number of benzene rings is 1. The van der Waals surface area contributed by atoms with Gasteiger partial charge in [-0.05, 0) is 50.6 Å². The lowest BCUT2D eigenvalue weighted by molar-refractivity contribution is 0.437. The van der Waals surface area contributed by atoms with Gasteiger partial charge in [-0.15, -0.1) is 11.8 Å². The summed E-state index contributed by atoms with van der Waals surface area (Å²) in [6.45, 7) is 4.86. The zero-order valence-electron chi connectivity index (χ0n) is 10.9. The summed E-state index contributed by atoms with van der Waals surface area (Å²) in [6.07, 6.45) is 1.79. The molecule has 0 radical (unpaired) electrons. The summed E-state index contributed by atoms with van der Waals surface area (Å²) in [6, 6.07) is 8.78. The van der Waals surface area contributed by atoms with Gasteiger partial charge >= 0.3 is 0 Å². The molecular formula is C14H19FN2S. The van der Waals surface area contributed by atoms with Crippen molar-refractivity contribution in [3.8, 4) is 6.07 Å². The molecule has 0 fully saturated rings. The van der Waals surface area contributed by atoms with Crippen molar-refractivity contribution in [3.05, 3.63) is 30.1 Å². The van der Waals surface area contributed by atoms with Gasteiger partial charge in [0.15, 0.2) is 0 Å². The maximum Gasteiger partial charge on any atom is 0.123 e. The van der Waals surface area contributed by atoms with Crippen molar-refractivity contribution < 1.29 is 4.39 Å². The van der Waals surface area contributed by atoms with Crippen LogP contribution >= 0.6 is 11.8 Å². The fourth-order valence-corrected chi connectivity index (χ4v) is 2.56. The molecule has 0 aliphatic heterocycles. The molecule has 0 aromatic heterocycles. The molecule has 0 amide bonds. The lowest BCUT2D eigenvalue weighted by atomic mass is 10.0. The molecule has 1 aromatic rings. The number of halogens is 1. The van der Waals surface area contributed by atoms with E-state index in [1.54, 1.807) is 23.9 Å². The van der Waals surface area contributed by atoms with Crippen LogP contribution in [0.2, 0.25) is 0 Å². The molecule has 1 N–H and O–H groups in total. The first-order valence-electron chi connectivity index (χ1n) is 6.14. The molecule has 0 aliphatic carbocycles. The highest BCUT2D eigenvalue weighted by Gasteiger charge is 2.21. The third-order valence-electron chi connectivity index (χ3n) is 2.70. The predicted octanol–water partition coefficient (Wildman–Crippen LogP) is 3.59. The number of thioether (sulfide) groups is 1. The molecule has 1 aromatic carbocycles. The van der Waals surface area contributed by atoms with Gasteiger partial charge in [0.1, 0.15) is 11.4 Å². The fraction of sp³-hybridized carbons (Fsp3) is 0.500. The summed E-state index contributed by atoms with van der Waals surface area (Å²) in [5, 5.41) is 12.4. The van der Waals surface area contributed by atoms with Crippen LogP contribution in [-0.2, 0) is 0 Å². The van der Waals surface area contributed by atoms with Crippen LogP contribution in [-0.4, -0.2) is 17.8 Å². The van der Waals surface area contributed by atoms with E-state index in [1.807, 2.05) is 6.92 Å². The van der Waals surface area contributed by atoms with Crippen molar-refractivity contribution in [2.45, 2.75) is 37.1 Å². The standard InChI is InChI=1S/C14H19FN2S/c1-3-9-17-14(2,11-16)8-10-18-13-6-4-12(15)5-7-13/h4-7,17H,3,8-10H2,1-2H3. The molecule has 0 bridgehead atoms. The Kier molecular flexibility index (Phi) is 6.17. The number of rotatable bonds is 7. The summed E-state index contributed by atoms with van der Waals surface area (Å²) >= 11 is 1.65. The second kappa shape index (κ2) is 7.40. The van der Waals surface area contributed by atoms with Crippen molar-refractivity contribution in [2.75, 3.05) is 12.3 Å². The van der Waals surface area contributed by atoms with Crippen LogP contribution in [0.1, 0.15) is 26.7 Å². The zero-order chi connectivity index (χ0) is 13.4. The van der Waals surface area contributed by atoms with Gasteiger partial charge in [0.25, 0.3) is 0 Å². The summed E-state index contributed by atoms with van der Waals surface area (Å²) in [5.74, 6) is 0.623. The molecule has 18 heavy (non-hydrogen) atoms. The molecule has 1 rings (SSSR count). The number of nitrogens with one attached hydrogen (secondary N) is 1. The molecule has 0 saturated heterocycles. The highest BCUT2D eigenvalue weighted by atomic mass is 32.2. The quantitative estimate of drug-likeness (QED) is 0.766. The molecule has 98 valence electrons. The second-order valence-electron chi connectivity index (χ2n) is 4.42. The van der Waals surface area contributed by atoms with Crippen LogP contribution in [0.4, 0.5) is 4.39 Å². The van der Waals surface area contributed by atoms with Gasteiger partial charge in [-0.1, -0.05) is 6.92 Å². The van der Waals surface area contributed by atoms with Gasteiger partial charge in [0, 0.05) is 10.6 Å². The highest BCUT2D eigenvalue weighted by Crippen LogP contribution is 2.22. The Morgan fingerprint density at radius 2 is 2.06 bits per heavy atom. The number of hydrogen-bond donors (Lipinski definition) is 1. The van der Waals surface area contributed by atoms with Crippen LogP contribution in [0.3, 0.4) is 0 Å². The Balaban J connectivity index is 2.40. The monoisotopic (exact) mass is 266 g/mol. The van der Waals surface area contributed by atoms with Crippen molar-refractivity contribution in [2.24, 2.45) is 0 Å². The first-order chi connectivity index (χ1) is 8.59.